The van der Waals surface area contributed by atoms with E-state index in [2.05, 4.69) is 15.6 Å². The fourth-order valence-corrected chi connectivity index (χ4v) is 7.32. The Morgan fingerprint density at radius 3 is 2.27 bits per heavy atom. The molecule has 0 bridgehead atoms. The number of aliphatic hydroxyl groups excluding tert-OH is 1. The van der Waals surface area contributed by atoms with Crippen LogP contribution in [0.2, 0.25) is 0 Å². The molecule has 3 atom stereocenters. The molecule has 1 fully saturated rings. The molecule has 12 heteroatoms. The Kier molecular flexibility index (Phi) is 13.7. The molecule has 2 heterocycles. The lowest BCUT2D eigenvalue weighted by Crippen LogP contribution is -2.31. The van der Waals surface area contributed by atoms with Gasteiger partial charge in [0.25, 0.3) is 0 Å². The van der Waals surface area contributed by atoms with Gasteiger partial charge in [-0.25, -0.2) is 9.78 Å². The second kappa shape index (κ2) is 19.2. The number of nitrogens with two attached hydrogens (primary N) is 1. The Morgan fingerprint density at radius 1 is 0.818 bits per heavy atom. The number of carbonyl (C=O) groups excluding carboxylic acids is 2. The normalized spacial score (nSPS) is 16.6. The van der Waals surface area contributed by atoms with Gasteiger partial charge >= 0.3 is 5.97 Å². The molecule has 1 saturated heterocycles. The van der Waals surface area contributed by atoms with E-state index in [1.807, 2.05) is 84.9 Å². The monoisotopic (exact) mass is 760 g/mol. The topological polar surface area (TPSA) is 173 Å². The molecule has 1 aliphatic rings. The summed E-state index contributed by atoms with van der Waals surface area (Å²) in [6, 6.07) is 33.8. The minimum Gasteiger partial charge on any atom is -0.478 e. The summed E-state index contributed by atoms with van der Waals surface area (Å²) in [5, 5.41) is 25.5. The van der Waals surface area contributed by atoms with Gasteiger partial charge in [-0.15, -0.1) is 11.8 Å². The Hall–Kier alpha value is -5.53. The van der Waals surface area contributed by atoms with E-state index >= 15 is 0 Å². The number of pyridine rings is 1. The summed E-state index contributed by atoms with van der Waals surface area (Å²) in [5.74, 6) is -0.779. The van der Waals surface area contributed by atoms with Crippen molar-refractivity contribution in [2.45, 2.75) is 68.8 Å². The standard InChI is InChI=1S/C43H44N4O7S/c44-36-11-3-4-12-37(36)47-40(50)14-6-5-13-39(49)46-25-32-8-1-2-9-34(32)29-19-21-31(22-20-29)43-53-33(27-55-41-35(42(51)52)10-7-23-45-41)24-38(54-43)30-17-15-28(26-48)16-18-30/h1-4,7-12,15-23,33,38,43,48H,5-6,13-14,24-27,44H2,(H,46,49)(H,47,50)(H,51,52). The Bertz CT molecular complexity index is 2080. The lowest BCUT2D eigenvalue weighted by Gasteiger charge is -2.36. The summed E-state index contributed by atoms with van der Waals surface area (Å²) in [6.45, 7) is 0.304. The third-order valence-electron chi connectivity index (χ3n) is 9.30. The van der Waals surface area contributed by atoms with Gasteiger partial charge in [-0.2, -0.15) is 0 Å². The van der Waals surface area contributed by atoms with E-state index < -0.39 is 12.3 Å². The van der Waals surface area contributed by atoms with Crippen LogP contribution in [0.15, 0.2) is 120 Å². The second-order valence-corrected chi connectivity index (χ2v) is 14.2. The van der Waals surface area contributed by atoms with Gasteiger partial charge in [0.1, 0.15) is 5.03 Å². The predicted molar refractivity (Wildman–Crippen MR) is 212 cm³/mol. The first-order chi connectivity index (χ1) is 26.8. The molecule has 3 unspecified atom stereocenters. The van der Waals surface area contributed by atoms with Crippen molar-refractivity contribution in [2.24, 2.45) is 0 Å². The zero-order chi connectivity index (χ0) is 38.6. The second-order valence-electron chi connectivity index (χ2n) is 13.2. The van der Waals surface area contributed by atoms with E-state index in [4.69, 9.17) is 15.2 Å². The Balaban J connectivity index is 1.07. The highest BCUT2D eigenvalue weighted by molar-refractivity contribution is 7.99. The van der Waals surface area contributed by atoms with Crippen molar-refractivity contribution in [1.82, 2.24) is 10.3 Å². The number of carboxylic acid groups (broad SMARTS) is 1. The largest absolute Gasteiger partial charge is 0.478 e. The first-order valence-corrected chi connectivity index (χ1v) is 19.2. The molecule has 2 amide bonds. The summed E-state index contributed by atoms with van der Waals surface area (Å²) < 4.78 is 13.0. The summed E-state index contributed by atoms with van der Waals surface area (Å²) in [6.07, 6.45) is 2.65. The number of unbranched alkanes of at least 4 members (excludes halogenated alkanes) is 1. The van der Waals surface area contributed by atoms with Gasteiger partial charge in [-0.1, -0.05) is 84.9 Å². The molecule has 55 heavy (non-hydrogen) atoms. The molecule has 0 aliphatic carbocycles. The maximum absolute atomic E-state index is 12.7. The van der Waals surface area contributed by atoms with Crippen LogP contribution in [0.4, 0.5) is 11.4 Å². The maximum atomic E-state index is 12.7. The summed E-state index contributed by atoms with van der Waals surface area (Å²) in [4.78, 5) is 41.1. The number of nitrogen functional groups attached to an aromatic ring is 1. The zero-order valence-electron chi connectivity index (χ0n) is 30.2. The van der Waals surface area contributed by atoms with E-state index in [0.29, 0.717) is 60.8 Å². The van der Waals surface area contributed by atoms with Crippen LogP contribution in [0, 0.1) is 0 Å². The van der Waals surface area contributed by atoms with E-state index in [-0.39, 0.29) is 36.2 Å². The van der Waals surface area contributed by atoms with Crippen LogP contribution in [0.25, 0.3) is 11.1 Å². The third-order valence-corrected chi connectivity index (χ3v) is 10.4. The van der Waals surface area contributed by atoms with Crippen molar-refractivity contribution in [3.05, 3.63) is 143 Å². The lowest BCUT2D eigenvalue weighted by molar-refractivity contribution is -0.245. The SMILES string of the molecule is Nc1ccccc1NC(=O)CCCCC(=O)NCc1ccccc1-c1ccc(C2OC(CSc3ncccc3C(=O)O)CC(c3ccc(CO)cc3)O2)cc1. The van der Waals surface area contributed by atoms with Crippen LogP contribution in [0.5, 0.6) is 0 Å². The number of aliphatic hydroxyl groups is 1. The Morgan fingerprint density at radius 2 is 1.53 bits per heavy atom. The molecular formula is C43H44N4O7S. The van der Waals surface area contributed by atoms with Crippen molar-refractivity contribution in [1.29, 1.82) is 0 Å². The quantitative estimate of drug-likeness (QED) is 0.0382. The van der Waals surface area contributed by atoms with Crippen LogP contribution >= 0.6 is 11.8 Å². The number of carboxylic acids is 1. The number of carbonyl (C=O) groups is 3. The van der Waals surface area contributed by atoms with Gasteiger partial charge in [0.2, 0.25) is 11.8 Å². The van der Waals surface area contributed by atoms with Crippen LogP contribution < -0.4 is 16.4 Å². The van der Waals surface area contributed by atoms with Crippen LogP contribution in [-0.2, 0) is 32.2 Å². The highest BCUT2D eigenvalue weighted by Crippen LogP contribution is 2.40. The maximum Gasteiger partial charge on any atom is 0.338 e. The highest BCUT2D eigenvalue weighted by Gasteiger charge is 2.32. The van der Waals surface area contributed by atoms with Crippen molar-refractivity contribution < 1.29 is 34.1 Å². The van der Waals surface area contributed by atoms with Crippen molar-refractivity contribution in [2.75, 3.05) is 16.8 Å². The average molecular weight is 761 g/mol. The molecule has 6 N–H and O–H groups in total. The molecular weight excluding hydrogens is 717 g/mol. The average Bonchev–Trinajstić information content (AvgIpc) is 3.22. The molecule has 1 aliphatic heterocycles. The van der Waals surface area contributed by atoms with Gasteiger partial charge in [-0.05, 0) is 64.9 Å². The van der Waals surface area contributed by atoms with Crippen LogP contribution in [0.1, 0.15) is 77.1 Å². The fourth-order valence-electron chi connectivity index (χ4n) is 6.32. The van der Waals surface area contributed by atoms with Crippen LogP contribution in [-0.4, -0.2) is 44.8 Å². The van der Waals surface area contributed by atoms with Crippen molar-refractivity contribution >= 4 is 40.9 Å². The number of hydrogen-bond donors (Lipinski definition) is 5. The fraction of sp³-hybridized carbons (Fsp3) is 0.256. The number of hydrogen-bond acceptors (Lipinski definition) is 9. The molecule has 0 spiro atoms. The van der Waals surface area contributed by atoms with E-state index in [9.17, 15) is 24.6 Å². The number of nitrogens with one attached hydrogen (secondary N) is 2. The number of thioether (sulfide) groups is 1. The van der Waals surface area contributed by atoms with Crippen molar-refractivity contribution in [3.8, 4) is 11.1 Å². The number of para-hydroxylation sites is 2. The zero-order valence-corrected chi connectivity index (χ0v) is 31.0. The molecule has 5 aromatic rings. The number of benzene rings is 4. The molecule has 6 rings (SSSR count). The number of aromatic carboxylic acids is 1. The minimum absolute atomic E-state index is 0.0529. The number of anilines is 2. The first-order valence-electron chi connectivity index (χ1n) is 18.2. The van der Waals surface area contributed by atoms with Gasteiger partial charge in [0, 0.05) is 43.3 Å². The van der Waals surface area contributed by atoms with Gasteiger partial charge in [0.05, 0.1) is 35.8 Å². The number of rotatable bonds is 16. The molecule has 0 radical (unpaired) electrons. The third kappa shape index (κ3) is 10.8. The van der Waals surface area contributed by atoms with E-state index in [0.717, 1.165) is 33.4 Å². The van der Waals surface area contributed by atoms with Gasteiger partial charge < -0.3 is 36.1 Å². The minimum atomic E-state index is -1.03. The van der Waals surface area contributed by atoms with E-state index in [1.54, 1.807) is 30.5 Å². The molecule has 0 saturated carbocycles. The number of nitrogens with zero attached hydrogens (tertiary/aromatic N) is 1. The predicted octanol–water partition coefficient (Wildman–Crippen LogP) is 7.67. The van der Waals surface area contributed by atoms with Gasteiger partial charge in [0.15, 0.2) is 6.29 Å². The molecule has 4 aromatic carbocycles. The van der Waals surface area contributed by atoms with Crippen molar-refractivity contribution in [3.63, 3.8) is 0 Å². The smallest absolute Gasteiger partial charge is 0.338 e. The van der Waals surface area contributed by atoms with Gasteiger partial charge in [-0.3, -0.25) is 9.59 Å². The number of amides is 2. The lowest BCUT2D eigenvalue weighted by atomic mass is 9.97. The number of ether oxygens (including phenoxy) is 2. The van der Waals surface area contributed by atoms with E-state index in [1.165, 1.54) is 11.8 Å². The summed E-state index contributed by atoms with van der Waals surface area (Å²) in [5.41, 5.74) is 12.6. The first kappa shape index (κ1) is 39.2. The number of aromatic nitrogens is 1. The highest BCUT2D eigenvalue weighted by atomic mass is 32.2. The van der Waals surface area contributed by atoms with Crippen LogP contribution in [0.3, 0.4) is 0 Å². The molecule has 1 aromatic heterocycles. The summed E-state index contributed by atoms with van der Waals surface area (Å²) >= 11 is 1.34. The molecule has 11 nitrogen and oxygen atoms in total. The Labute approximate surface area is 324 Å². The summed E-state index contributed by atoms with van der Waals surface area (Å²) in [7, 11) is 0. The molecule has 284 valence electrons.